The summed E-state index contributed by atoms with van der Waals surface area (Å²) in [6, 6.07) is 12.5. The van der Waals surface area contributed by atoms with Gasteiger partial charge in [0.1, 0.15) is 28.1 Å². The van der Waals surface area contributed by atoms with Crippen LogP contribution in [0.1, 0.15) is 18.4 Å². The van der Waals surface area contributed by atoms with Gasteiger partial charge in [0, 0.05) is 38.4 Å². The molecule has 0 saturated carbocycles. The highest BCUT2D eigenvalue weighted by atomic mass is 35.5. The highest BCUT2D eigenvalue weighted by molar-refractivity contribution is 6.29. The SMILES string of the molecule is Cn1c(=O)c(C#N)c(N2CC[C@H]3[C@H](CCN3c3ccc(F)cc3)C2)c2nc(Cl)ccc21. The molecule has 0 bridgehead atoms. The van der Waals surface area contributed by atoms with Crippen LogP contribution in [0.5, 0.6) is 0 Å². The van der Waals surface area contributed by atoms with Crippen molar-refractivity contribution < 1.29 is 4.39 Å². The number of halogens is 2. The monoisotopic (exact) mass is 437 g/mol. The molecule has 8 heteroatoms. The Kier molecular flexibility index (Phi) is 4.82. The van der Waals surface area contributed by atoms with Crippen molar-refractivity contribution in [3.63, 3.8) is 0 Å². The Morgan fingerprint density at radius 1 is 1.16 bits per heavy atom. The zero-order valence-electron chi connectivity index (χ0n) is 17.1. The first-order valence-corrected chi connectivity index (χ1v) is 10.7. The molecule has 0 aliphatic carbocycles. The second-order valence-corrected chi connectivity index (χ2v) is 8.61. The number of nitrogens with zero attached hydrogens (tertiary/aromatic N) is 5. The Labute approximate surface area is 184 Å². The second kappa shape index (κ2) is 7.54. The van der Waals surface area contributed by atoms with Crippen LogP contribution in [0.15, 0.2) is 41.2 Å². The van der Waals surface area contributed by atoms with Crippen LogP contribution < -0.4 is 15.4 Å². The van der Waals surface area contributed by atoms with Gasteiger partial charge < -0.3 is 14.4 Å². The minimum atomic E-state index is -0.324. The molecule has 158 valence electrons. The summed E-state index contributed by atoms with van der Waals surface area (Å²) in [6.45, 7) is 2.33. The summed E-state index contributed by atoms with van der Waals surface area (Å²) in [5.74, 6) is 0.144. The minimum absolute atomic E-state index is 0.108. The van der Waals surface area contributed by atoms with E-state index in [1.165, 1.54) is 16.7 Å². The van der Waals surface area contributed by atoms with Crippen molar-refractivity contribution in [2.75, 3.05) is 29.4 Å². The highest BCUT2D eigenvalue weighted by Gasteiger charge is 2.39. The predicted octanol–water partition coefficient (Wildman–Crippen LogP) is 3.70. The smallest absolute Gasteiger partial charge is 0.270 e. The fraction of sp³-hybridized carbons (Fsp3) is 0.348. The van der Waals surface area contributed by atoms with Gasteiger partial charge in [-0.1, -0.05) is 11.6 Å². The van der Waals surface area contributed by atoms with Gasteiger partial charge in [0.2, 0.25) is 0 Å². The average molecular weight is 438 g/mol. The lowest BCUT2D eigenvalue weighted by molar-refractivity contribution is 0.396. The molecule has 2 aromatic heterocycles. The lowest BCUT2D eigenvalue weighted by atomic mass is 9.91. The number of nitriles is 1. The maximum atomic E-state index is 13.3. The van der Waals surface area contributed by atoms with Crippen molar-refractivity contribution in [2.45, 2.75) is 18.9 Å². The van der Waals surface area contributed by atoms with Gasteiger partial charge in [-0.05, 0) is 55.2 Å². The maximum absolute atomic E-state index is 13.3. The van der Waals surface area contributed by atoms with Crippen molar-refractivity contribution in [1.82, 2.24) is 9.55 Å². The Balaban J connectivity index is 1.52. The Hall–Kier alpha value is -3.11. The summed E-state index contributed by atoms with van der Waals surface area (Å²) in [6.07, 6.45) is 1.88. The lowest BCUT2D eigenvalue weighted by Gasteiger charge is -2.40. The molecule has 2 fully saturated rings. The summed E-state index contributed by atoms with van der Waals surface area (Å²) in [5.41, 5.74) is 2.64. The summed E-state index contributed by atoms with van der Waals surface area (Å²) in [7, 11) is 1.65. The maximum Gasteiger partial charge on any atom is 0.270 e. The van der Waals surface area contributed by atoms with Crippen LogP contribution in [0.4, 0.5) is 15.8 Å². The third kappa shape index (κ3) is 3.22. The summed E-state index contributed by atoms with van der Waals surface area (Å²) in [4.78, 5) is 21.8. The van der Waals surface area contributed by atoms with Gasteiger partial charge in [-0.3, -0.25) is 4.79 Å². The number of hydrogen-bond acceptors (Lipinski definition) is 5. The first kappa shape index (κ1) is 19.8. The van der Waals surface area contributed by atoms with E-state index < -0.39 is 0 Å². The van der Waals surface area contributed by atoms with E-state index in [0.29, 0.717) is 40.4 Å². The number of rotatable bonds is 2. The zero-order valence-corrected chi connectivity index (χ0v) is 17.8. The van der Waals surface area contributed by atoms with E-state index >= 15 is 0 Å². The van der Waals surface area contributed by atoms with Crippen LogP contribution in [-0.4, -0.2) is 35.2 Å². The zero-order chi connectivity index (χ0) is 21.7. The number of anilines is 2. The standard InChI is InChI=1S/C23H21ClFN5O/c1-28-19-6-7-20(24)27-21(19)22(17(12-26)23(28)31)29-10-9-18-14(13-29)8-11-30(18)16-4-2-15(25)3-5-16/h2-7,14,18H,8-11,13H2,1H3/t14-,18+/m1/s1. The molecule has 2 saturated heterocycles. The van der Waals surface area contributed by atoms with E-state index in [2.05, 4.69) is 20.9 Å². The third-order valence-corrected chi connectivity index (χ3v) is 6.81. The first-order chi connectivity index (χ1) is 15.0. The molecule has 4 heterocycles. The quantitative estimate of drug-likeness (QED) is 0.572. The van der Waals surface area contributed by atoms with Crippen molar-refractivity contribution in [3.8, 4) is 6.07 Å². The van der Waals surface area contributed by atoms with E-state index in [1.807, 2.05) is 12.1 Å². The number of aromatic nitrogens is 2. The van der Waals surface area contributed by atoms with Crippen LogP contribution >= 0.6 is 11.6 Å². The van der Waals surface area contributed by atoms with Crippen molar-refractivity contribution >= 4 is 34.0 Å². The fourth-order valence-electron chi connectivity index (χ4n) is 5.12. The molecular weight excluding hydrogens is 417 g/mol. The molecular formula is C23H21ClFN5O. The summed E-state index contributed by atoms with van der Waals surface area (Å²) < 4.78 is 14.8. The number of piperidine rings is 1. The molecule has 6 nitrogen and oxygen atoms in total. The molecule has 0 radical (unpaired) electrons. The van der Waals surface area contributed by atoms with Gasteiger partial charge in [-0.25, -0.2) is 9.37 Å². The number of pyridine rings is 2. The van der Waals surface area contributed by atoms with Gasteiger partial charge in [-0.2, -0.15) is 5.26 Å². The van der Waals surface area contributed by atoms with Crippen LogP contribution in [0.25, 0.3) is 11.0 Å². The van der Waals surface area contributed by atoms with E-state index in [-0.39, 0.29) is 16.9 Å². The summed E-state index contributed by atoms with van der Waals surface area (Å²) >= 11 is 6.17. The van der Waals surface area contributed by atoms with Crippen LogP contribution in [0, 0.1) is 23.1 Å². The Bertz CT molecular complexity index is 1270. The first-order valence-electron chi connectivity index (χ1n) is 10.3. The van der Waals surface area contributed by atoms with Crippen LogP contribution in [-0.2, 0) is 7.05 Å². The second-order valence-electron chi connectivity index (χ2n) is 8.22. The predicted molar refractivity (Wildman–Crippen MR) is 119 cm³/mol. The van der Waals surface area contributed by atoms with Gasteiger partial charge in [0.05, 0.1) is 11.2 Å². The van der Waals surface area contributed by atoms with Gasteiger partial charge >= 0.3 is 0 Å². The molecule has 2 atom stereocenters. The molecule has 0 N–H and O–H groups in total. The molecule has 0 spiro atoms. The van der Waals surface area contributed by atoms with Crippen molar-refractivity contribution in [1.29, 1.82) is 5.26 Å². The topological polar surface area (TPSA) is 65.2 Å². The average Bonchev–Trinajstić information content (AvgIpc) is 3.19. The number of aryl methyl sites for hydroxylation is 1. The van der Waals surface area contributed by atoms with E-state index in [9.17, 15) is 14.4 Å². The molecule has 5 rings (SSSR count). The molecule has 1 aromatic carbocycles. The summed E-state index contributed by atoms with van der Waals surface area (Å²) in [5, 5.41) is 10.1. The van der Waals surface area contributed by atoms with Crippen molar-refractivity contribution in [3.05, 3.63) is 63.3 Å². The molecule has 2 aliphatic rings. The molecule has 0 unspecified atom stereocenters. The number of benzene rings is 1. The van der Waals surface area contributed by atoms with E-state index in [0.717, 1.165) is 31.6 Å². The lowest BCUT2D eigenvalue weighted by Crippen LogP contribution is -2.47. The van der Waals surface area contributed by atoms with E-state index in [4.69, 9.17) is 11.6 Å². The fourth-order valence-corrected chi connectivity index (χ4v) is 5.27. The number of fused-ring (bicyclic) bond motifs is 2. The normalized spacial score (nSPS) is 20.7. The molecule has 2 aliphatic heterocycles. The minimum Gasteiger partial charge on any atom is -0.368 e. The largest absolute Gasteiger partial charge is 0.368 e. The Morgan fingerprint density at radius 2 is 1.94 bits per heavy atom. The number of hydrogen-bond donors (Lipinski definition) is 0. The van der Waals surface area contributed by atoms with Gasteiger partial charge in [-0.15, -0.1) is 0 Å². The molecule has 3 aromatic rings. The Morgan fingerprint density at radius 3 is 2.68 bits per heavy atom. The molecule has 31 heavy (non-hydrogen) atoms. The highest BCUT2D eigenvalue weighted by Crippen LogP contribution is 2.38. The van der Waals surface area contributed by atoms with Gasteiger partial charge in [0.15, 0.2) is 0 Å². The van der Waals surface area contributed by atoms with Crippen LogP contribution in [0.2, 0.25) is 5.15 Å². The van der Waals surface area contributed by atoms with Crippen LogP contribution in [0.3, 0.4) is 0 Å². The van der Waals surface area contributed by atoms with Crippen molar-refractivity contribution in [2.24, 2.45) is 13.0 Å². The van der Waals surface area contributed by atoms with Gasteiger partial charge in [0.25, 0.3) is 5.56 Å². The third-order valence-electron chi connectivity index (χ3n) is 6.60. The van der Waals surface area contributed by atoms with E-state index in [1.54, 1.807) is 19.2 Å². The molecule has 0 amide bonds.